The van der Waals surface area contributed by atoms with E-state index in [-0.39, 0.29) is 6.61 Å². The lowest BCUT2D eigenvalue weighted by atomic mass is 9.95. The lowest BCUT2D eigenvalue weighted by molar-refractivity contribution is -0.0186. The Morgan fingerprint density at radius 1 is 1.52 bits per heavy atom. The van der Waals surface area contributed by atoms with Crippen molar-refractivity contribution in [3.63, 3.8) is 0 Å². The molecule has 0 heterocycles. The maximum absolute atomic E-state index is 11.1. The average molecular weight is 355 g/mol. The quantitative estimate of drug-likeness (QED) is 0.845. The summed E-state index contributed by atoms with van der Waals surface area (Å²) in [4.78, 5) is 11.1. The number of amides is 1. The summed E-state index contributed by atoms with van der Waals surface area (Å²) < 4.78 is 11.7. The third-order valence-corrected chi connectivity index (χ3v) is 3.28. The van der Waals surface area contributed by atoms with Crippen LogP contribution in [0.5, 0.6) is 5.75 Å². The van der Waals surface area contributed by atoms with E-state index in [9.17, 15) is 4.79 Å². The molecule has 0 saturated carbocycles. The molecule has 0 radical (unpaired) electrons. The fraction of sp³-hybridized carbons (Fsp3) is 0.467. The molecule has 21 heavy (non-hydrogen) atoms. The van der Waals surface area contributed by atoms with Gasteiger partial charge in [-0.3, -0.25) is 0 Å². The molecule has 0 bridgehead atoms. The molecular formula is C15H19BrN2O3. The second-order valence-electron chi connectivity index (χ2n) is 5.51. The molecular weight excluding hydrogens is 336 g/mol. The predicted octanol–water partition coefficient (Wildman–Crippen LogP) is 3.60. The Morgan fingerprint density at radius 2 is 2.19 bits per heavy atom. The third kappa shape index (κ3) is 5.64. The van der Waals surface area contributed by atoms with Crippen molar-refractivity contribution in [2.75, 3.05) is 6.61 Å². The SMILES string of the molecule is CC(C)C[C@@](C)(COc1ccc(Br)cc1C#N)OC(N)=O. The molecule has 6 heteroatoms. The minimum Gasteiger partial charge on any atom is -0.488 e. The van der Waals surface area contributed by atoms with Crippen molar-refractivity contribution in [2.45, 2.75) is 32.8 Å². The van der Waals surface area contributed by atoms with Crippen LogP contribution in [0.2, 0.25) is 0 Å². The average Bonchev–Trinajstić information content (AvgIpc) is 2.35. The summed E-state index contributed by atoms with van der Waals surface area (Å²) in [6.07, 6.45) is -0.230. The van der Waals surface area contributed by atoms with Crippen LogP contribution in [0.1, 0.15) is 32.8 Å². The van der Waals surface area contributed by atoms with Gasteiger partial charge < -0.3 is 15.2 Å². The van der Waals surface area contributed by atoms with Crippen molar-refractivity contribution in [1.82, 2.24) is 0 Å². The van der Waals surface area contributed by atoms with Crippen LogP contribution in [0.4, 0.5) is 4.79 Å². The van der Waals surface area contributed by atoms with Gasteiger partial charge in [0.25, 0.3) is 0 Å². The lowest BCUT2D eigenvalue weighted by Gasteiger charge is -2.30. The van der Waals surface area contributed by atoms with Crippen LogP contribution in [-0.2, 0) is 4.74 Å². The zero-order valence-electron chi connectivity index (χ0n) is 12.4. The molecule has 0 aliphatic carbocycles. The van der Waals surface area contributed by atoms with Crippen LogP contribution >= 0.6 is 15.9 Å². The number of nitrogens with two attached hydrogens (primary N) is 1. The Morgan fingerprint density at radius 3 is 2.71 bits per heavy atom. The molecule has 0 spiro atoms. The van der Waals surface area contributed by atoms with Crippen molar-refractivity contribution in [3.05, 3.63) is 28.2 Å². The Balaban J connectivity index is 2.86. The van der Waals surface area contributed by atoms with Gasteiger partial charge in [0.2, 0.25) is 0 Å². The van der Waals surface area contributed by atoms with Crippen molar-refractivity contribution < 1.29 is 14.3 Å². The predicted molar refractivity (Wildman–Crippen MR) is 82.9 cm³/mol. The molecule has 0 aromatic heterocycles. The minimum atomic E-state index is -0.835. The van der Waals surface area contributed by atoms with Gasteiger partial charge in [-0.15, -0.1) is 0 Å². The molecule has 0 saturated heterocycles. The van der Waals surface area contributed by atoms with E-state index in [2.05, 4.69) is 22.0 Å². The van der Waals surface area contributed by atoms with Gasteiger partial charge in [-0.2, -0.15) is 5.26 Å². The zero-order valence-corrected chi connectivity index (χ0v) is 13.9. The van der Waals surface area contributed by atoms with Crippen molar-refractivity contribution >= 4 is 22.0 Å². The van der Waals surface area contributed by atoms with Crippen molar-refractivity contribution in [1.29, 1.82) is 5.26 Å². The van der Waals surface area contributed by atoms with Crippen LogP contribution < -0.4 is 10.5 Å². The molecule has 1 aromatic rings. The molecule has 1 atom stereocenters. The molecule has 1 amide bonds. The van der Waals surface area contributed by atoms with Gasteiger partial charge in [-0.25, -0.2) is 4.79 Å². The van der Waals surface area contributed by atoms with E-state index in [4.69, 9.17) is 20.5 Å². The van der Waals surface area contributed by atoms with Gasteiger partial charge in [-0.1, -0.05) is 29.8 Å². The summed E-state index contributed by atoms with van der Waals surface area (Å²) in [6, 6.07) is 7.22. The standard InChI is InChI=1S/C15H19BrN2O3/c1-10(2)7-15(3,21-14(18)19)9-20-13-5-4-12(16)6-11(13)8-17/h4-6,10H,7,9H2,1-3H3,(H2,18,19)/t15-/m0/s1. The Hall–Kier alpha value is -1.74. The fourth-order valence-electron chi connectivity index (χ4n) is 2.18. The van der Waals surface area contributed by atoms with Crippen LogP contribution in [0.25, 0.3) is 0 Å². The molecule has 0 fully saturated rings. The zero-order chi connectivity index (χ0) is 16.0. The summed E-state index contributed by atoms with van der Waals surface area (Å²) >= 11 is 3.30. The Kier molecular flexibility index (Phi) is 6.03. The molecule has 114 valence electrons. The molecule has 2 N–H and O–H groups in total. The number of hydrogen-bond acceptors (Lipinski definition) is 4. The number of benzene rings is 1. The Labute approximate surface area is 133 Å². The number of carbonyl (C=O) groups is 1. The number of nitriles is 1. The summed E-state index contributed by atoms with van der Waals surface area (Å²) in [5.41, 5.74) is 4.70. The minimum absolute atomic E-state index is 0.129. The lowest BCUT2D eigenvalue weighted by Crippen LogP contribution is -2.41. The highest BCUT2D eigenvalue weighted by atomic mass is 79.9. The van der Waals surface area contributed by atoms with E-state index in [1.807, 2.05) is 13.8 Å². The molecule has 1 aromatic carbocycles. The van der Waals surface area contributed by atoms with Crippen LogP contribution in [0, 0.1) is 17.2 Å². The highest BCUT2D eigenvalue weighted by Gasteiger charge is 2.30. The van der Waals surface area contributed by atoms with Crippen LogP contribution in [0.15, 0.2) is 22.7 Å². The van der Waals surface area contributed by atoms with Crippen LogP contribution in [-0.4, -0.2) is 18.3 Å². The summed E-state index contributed by atoms with van der Waals surface area (Å²) in [7, 11) is 0. The third-order valence-electron chi connectivity index (χ3n) is 2.78. The first-order valence-corrected chi connectivity index (χ1v) is 7.36. The number of rotatable bonds is 6. The van der Waals surface area contributed by atoms with Gasteiger partial charge in [0, 0.05) is 4.47 Å². The van der Waals surface area contributed by atoms with E-state index >= 15 is 0 Å². The Bertz CT molecular complexity index is 554. The number of nitrogens with zero attached hydrogens (tertiary/aromatic N) is 1. The maximum atomic E-state index is 11.1. The van der Waals surface area contributed by atoms with Gasteiger partial charge in [0.05, 0.1) is 5.56 Å². The van der Waals surface area contributed by atoms with Crippen molar-refractivity contribution in [3.8, 4) is 11.8 Å². The highest BCUT2D eigenvalue weighted by molar-refractivity contribution is 9.10. The summed E-state index contributed by atoms with van der Waals surface area (Å²) in [5.74, 6) is 0.752. The normalized spacial score (nSPS) is 13.3. The highest BCUT2D eigenvalue weighted by Crippen LogP contribution is 2.26. The second-order valence-corrected chi connectivity index (χ2v) is 6.43. The monoisotopic (exact) mass is 354 g/mol. The molecule has 0 aliphatic rings. The first kappa shape index (κ1) is 17.3. The molecule has 0 unspecified atom stereocenters. The van der Waals surface area contributed by atoms with Gasteiger partial charge in [0.15, 0.2) is 0 Å². The van der Waals surface area contributed by atoms with Gasteiger partial charge >= 0.3 is 6.09 Å². The van der Waals surface area contributed by atoms with Crippen LogP contribution in [0.3, 0.4) is 0 Å². The van der Waals surface area contributed by atoms with Gasteiger partial charge in [-0.05, 0) is 37.5 Å². The second kappa shape index (κ2) is 7.32. The number of primary amides is 1. The number of halogens is 1. The van der Waals surface area contributed by atoms with Crippen molar-refractivity contribution in [2.24, 2.45) is 11.7 Å². The fourth-order valence-corrected chi connectivity index (χ4v) is 2.54. The molecule has 0 aliphatic heterocycles. The maximum Gasteiger partial charge on any atom is 0.405 e. The topological polar surface area (TPSA) is 85.3 Å². The number of ether oxygens (including phenoxy) is 2. The number of carbonyl (C=O) groups excluding carboxylic acids is 1. The van der Waals surface area contributed by atoms with E-state index in [0.717, 1.165) is 4.47 Å². The summed E-state index contributed by atoms with van der Waals surface area (Å²) in [5, 5.41) is 9.11. The van der Waals surface area contributed by atoms with E-state index in [1.165, 1.54) is 0 Å². The molecule has 1 rings (SSSR count). The number of hydrogen-bond donors (Lipinski definition) is 1. The van der Waals surface area contributed by atoms with E-state index < -0.39 is 11.7 Å². The smallest absolute Gasteiger partial charge is 0.405 e. The van der Waals surface area contributed by atoms with Gasteiger partial charge in [0.1, 0.15) is 24.0 Å². The first-order valence-electron chi connectivity index (χ1n) is 6.56. The van der Waals surface area contributed by atoms with E-state index in [1.54, 1.807) is 25.1 Å². The van der Waals surface area contributed by atoms with E-state index in [0.29, 0.717) is 23.7 Å². The largest absolute Gasteiger partial charge is 0.488 e. The molecule has 5 nitrogen and oxygen atoms in total. The summed E-state index contributed by atoms with van der Waals surface area (Å²) in [6.45, 7) is 5.93. The first-order chi connectivity index (χ1) is 9.75.